The molecule has 136 valence electrons. The summed E-state index contributed by atoms with van der Waals surface area (Å²) in [5.74, 6) is 2.97. The topological polar surface area (TPSA) is 67.4 Å². The normalized spacial score (nSPS) is 22.8. The van der Waals surface area contributed by atoms with Crippen LogP contribution in [0.2, 0.25) is 0 Å². The number of rotatable bonds is 4. The minimum absolute atomic E-state index is 0.130. The van der Waals surface area contributed by atoms with Gasteiger partial charge in [0.15, 0.2) is 0 Å². The molecule has 2 saturated heterocycles. The first kappa shape index (κ1) is 16.8. The van der Waals surface area contributed by atoms with Crippen molar-refractivity contribution in [1.29, 1.82) is 0 Å². The van der Waals surface area contributed by atoms with E-state index >= 15 is 0 Å². The van der Waals surface area contributed by atoms with Crippen molar-refractivity contribution in [2.24, 2.45) is 5.92 Å². The molecule has 25 heavy (non-hydrogen) atoms. The van der Waals surface area contributed by atoms with Crippen LogP contribution in [0.3, 0.4) is 0 Å². The molecule has 6 heteroatoms. The largest absolute Gasteiger partial charge is 0.381 e. The quantitative estimate of drug-likeness (QED) is 0.907. The van der Waals surface area contributed by atoms with Gasteiger partial charge in [-0.15, -0.1) is 0 Å². The van der Waals surface area contributed by atoms with E-state index in [1.165, 1.54) is 12.8 Å². The van der Waals surface area contributed by atoms with E-state index in [0.29, 0.717) is 12.0 Å². The number of carbonyl (C=O) groups excluding carboxylic acids is 1. The number of carbonyl (C=O) groups is 1. The third kappa shape index (κ3) is 4.11. The summed E-state index contributed by atoms with van der Waals surface area (Å²) in [6.07, 6.45) is 6.12. The molecule has 1 aromatic heterocycles. The number of hydrogen-bond donors (Lipinski definition) is 1. The Bertz CT molecular complexity index is 618. The van der Waals surface area contributed by atoms with Crippen molar-refractivity contribution in [3.8, 4) is 0 Å². The first-order valence-electron chi connectivity index (χ1n) is 9.67. The zero-order chi connectivity index (χ0) is 17.2. The van der Waals surface area contributed by atoms with Crippen LogP contribution in [-0.2, 0) is 9.53 Å². The van der Waals surface area contributed by atoms with Crippen molar-refractivity contribution in [3.63, 3.8) is 0 Å². The van der Waals surface area contributed by atoms with Crippen LogP contribution in [0.4, 0.5) is 5.82 Å². The second-order valence-corrected chi connectivity index (χ2v) is 7.66. The molecule has 0 atom stereocenters. The molecule has 1 saturated carbocycles. The molecular weight excluding hydrogens is 316 g/mol. The first-order chi connectivity index (χ1) is 12.2. The highest BCUT2D eigenvalue weighted by molar-refractivity contribution is 5.79. The molecule has 4 rings (SSSR count). The third-order valence-corrected chi connectivity index (χ3v) is 5.56. The van der Waals surface area contributed by atoms with Crippen molar-refractivity contribution in [2.75, 3.05) is 31.2 Å². The summed E-state index contributed by atoms with van der Waals surface area (Å²) in [6.45, 7) is 5.36. The molecule has 0 spiro atoms. The van der Waals surface area contributed by atoms with Gasteiger partial charge < -0.3 is 15.0 Å². The summed E-state index contributed by atoms with van der Waals surface area (Å²) in [5.41, 5.74) is 1.05. The Hall–Kier alpha value is -1.69. The van der Waals surface area contributed by atoms with Gasteiger partial charge in [0.2, 0.25) is 5.91 Å². The van der Waals surface area contributed by atoms with Crippen LogP contribution >= 0.6 is 0 Å². The summed E-state index contributed by atoms with van der Waals surface area (Å²) in [6, 6.07) is 2.37. The minimum Gasteiger partial charge on any atom is -0.381 e. The Kier molecular flexibility index (Phi) is 4.88. The smallest absolute Gasteiger partial charge is 0.223 e. The minimum atomic E-state index is 0.130. The second kappa shape index (κ2) is 7.28. The van der Waals surface area contributed by atoms with E-state index in [2.05, 4.69) is 21.3 Å². The van der Waals surface area contributed by atoms with Crippen LogP contribution in [0.25, 0.3) is 0 Å². The van der Waals surface area contributed by atoms with E-state index in [1.807, 2.05) is 6.92 Å². The molecule has 1 aliphatic carbocycles. The monoisotopic (exact) mass is 344 g/mol. The van der Waals surface area contributed by atoms with Gasteiger partial charge in [0, 0.05) is 55.9 Å². The molecule has 1 N–H and O–H groups in total. The third-order valence-electron chi connectivity index (χ3n) is 5.56. The van der Waals surface area contributed by atoms with Crippen LogP contribution in [-0.4, -0.2) is 48.2 Å². The van der Waals surface area contributed by atoms with Gasteiger partial charge in [-0.1, -0.05) is 0 Å². The van der Waals surface area contributed by atoms with Gasteiger partial charge >= 0.3 is 0 Å². The zero-order valence-electron chi connectivity index (χ0n) is 15.0. The van der Waals surface area contributed by atoms with E-state index < -0.39 is 0 Å². The highest BCUT2D eigenvalue weighted by Gasteiger charge is 2.30. The van der Waals surface area contributed by atoms with Gasteiger partial charge in [-0.2, -0.15) is 0 Å². The number of aryl methyl sites for hydroxylation is 1. The fourth-order valence-corrected chi connectivity index (χ4v) is 3.79. The number of aromatic nitrogens is 2. The van der Waals surface area contributed by atoms with Crippen molar-refractivity contribution in [3.05, 3.63) is 17.6 Å². The maximum absolute atomic E-state index is 12.5. The summed E-state index contributed by atoms with van der Waals surface area (Å²) in [5, 5.41) is 3.22. The predicted molar refractivity (Wildman–Crippen MR) is 95.7 cm³/mol. The van der Waals surface area contributed by atoms with E-state index in [0.717, 1.165) is 69.3 Å². The van der Waals surface area contributed by atoms with Gasteiger partial charge in [0.05, 0.1) is 0 Å². The molecule has 3 aliphatic rings. The van der Waals surface area contributed by atoms with Gasteiger partial charge in [-0.25, -0.2) is 9.97 Å². The molecule has 3 fully saturated rings. The van der Waals surface area contributed by atoms with Gasteiger partial charge in [0.25, 0.3) is 0 Å². The number of nitrogens with one attached hydrogen (secondary N) is 1. The van der Waals surface area contributed by atoms with Crippen LogP contribution in [0.1, 0.15) is 56.0 Å². The molecular formula is C19H28N4O2. The van der Waals surface area contributed by atoms with Crippen molar-refractivity contribution >= 4 is 11.7 Å². The average Bonchev–Trinajstić information content (AvgIpc) is 3.47. The molecule has 2 aliphatic heterocycles. The molecule has 1 aromatic rings. The lowest BCUT2D eigenvalue weighted by atomic mass is 9.95. The van der Waals surface area contributed by atoms with Gasteiger partial charge in [0.1, 0.15) is 11.6 Å². The Labute approximate surface area is 149 Å². The molecule has 6 nitrogen and oxygen atoms in total. The SMILES string of the molecule is Cc1cc(N2CCC(C(=O)NC3CCOCC3)CC2)nc(C2CC2)n1. The maximum atomic E-state index is 12.5. The first-order valence-corrected chi connectivity index (χ1v) is 9.67. The van der Waals surface area contributed by atoms with E-state index in [-0.39, 0.29) is 11.8 Å². The van der Waals surface area contributed by atoms with Crippen LogP contribution in [0.5, 0.6) is 0 Å². The maximum Gasteiger partial charge on any atom is 0.223 e. The highest BCUT2D eigenvalue weighted by atomic mass is 16.5. The lowest BCUT2D eigenvalue weighted by Gasteiger charge is -2.33. The van der Waals surface area contributed by atoms with E-state index in [9.17, 15) is 4.79 Å². The average molecular weight is 344 g/mol. The highest BCUT2D eigenvalue weighted by Crippen LogP contribution is 2.38. The Balaban J connectivity index is 1.32. The Morgan fingerprint density at radius 1 is 1.12 bits per heavy atom. The zero-order valence-corrected chi connectivity index (χ0v) is 15.0. The molecule has 0 unspecified atom stereocenters. The number of amides is 1. The number of ether oxygens (including phenoxy) is 1. The molecule has 0 aromatic carbocycles. The number of anilines is 1. The standard InChI is InChI=1S/C19H28N4O2/c1-13-12-17(22-18(20-13)14-2-3-14)23-8-4-15(5-9-23)19(24)21-16-6-10-25-11-7-16/h12,14-16H,2-11H2,1H3,(H,21,24). The van der Waals surface area contributed by atoms with Crippen LogP contribution in [0.15, 0.2) is 6.07 Å². The van der Waals surface area contributed by atoms with E-state index in [1.54, 1.807) is 0 Å². The van der Waals surface area contributed by atoms with Crippen molar-refractivity contribution < 1.29 is 9.53 Å². The van der Waals surface area contributed by atoms with Crippen molar-refractivity contribution in [1.82, 2.24) is 15.3 Å². The Morgan fingerprint density at radius 3 is 2.52 bits per heavy atom. The predicted octanol–water partition coefficient (Wildman–Crippen LogP) is 2.17. The van der Waals surface area contributed by atoms with Crippen LogP contribution in [0, 0.1) is 12.8 Å². The lowest BCUT2D eigenvalue weighted by molar-refractivity contribution is -0.126. The molecule has 3 heterocycles. The number of piperidine rings is 1. The van der Waals surface area contributed by atoms with Gasteiger partial charge in [-0.3, -0.25) is 4.79 Å². The second-order valence-electron chi connectivity index (χ2n) is 7.66. The number of hydrogen-bond acceptors (Lipinski definition) is 5. The van der Waals surface area contributed by atoms with Gasteiger partial charge in [-0.05, 0) is 45.4 Å². The summed E-state index contributed by atoms with van der Waals surface area (Å²) >= 11 is 0. The summed E-state index contributed by atoms with van der Waals surface area (Å²) < 4.78 is 5.36. The van der Waals surface area contributed by atoms with Crippen LogP contribution < -0.4 is 10.2 Å². The number of nitrogens with zero attached hydrogens (tertiary/aromatic N) is 3. The molecule has 1 amide bonds. The fraction of sp³-hybridized carbons (Fsp3) is 0.737. The Morgan fingerprint density at radius 2 is 1.84 bits per heavy atom. The molecule has 0 radical (unpaired) electrons. The van der Waals surface area contributed by atoms with Crippen molar-refractivity contribution in [2.45, 2.75) is 57.4 Å². The van der Waals surface area contributed by atoms with E-state index in [4.69, 9.17) is 9.72 Å². The molecule has 0 bridgehead atoms. The fourth-order valence-electron chi connectivity index (χ4n) is 3.79. The summed E-state index contributed by atoms with van der Waals surface area (Å²) in [4.78, 5) is 24.2. The lowest BCUT2D eigenvalue weighted by Crippen LogP contribution is -2.45. The summed E-state index contributed by atoms with van der Waals surface area (Å²) in [7, 11) is 0.